The first kappa shape index (κ1) is 35.6. The van der Waals surface area contributed by atoms with Crippen LogP contribution in [0.1, 0.15) is 56.1 Å². The van der Waals surface area contributed by atoms with Crippen molar-refractivity contribution in [2.45, 2.75) is 43.9 Å². The standard InChI is InChI=1S/C36H39Cl2N3O6S/c1-41-15-13-25(14-16-41)46-35(42)28(23-7-5-4-6-8-23)20-39-19-26-10-12-34(48-26)36(43)47-32(18-27-29(37)21-40-22-30(27)38)24-9-11-31(44-2)33(17-24)45-3/h4-12,17,21-22,25,28,32,39H,13-16,18-20H2,1-3H3/t28?,32-/m0/s1. The van der Waals surface area contributed by atoms with Crippen molar-refractivity contribution in [1.82, 2.24) is 15.2 Å². The molecule has 3 heterocycles. The molecule has 4 aromatic rings. The van der Waals surface area contributed by atoms with Gasteiger partial charge in [-0.05, 0) is 60.8 Å². The molecule has 5 rings (SSSR count). The first-order valence-electron chi connectivity index (χ1n) is 15.7. The number of aromatic nitrogens is 1. The third-order valence-electron chi connectivity index (χ3n) is 8.32. The molecule has 1 fully saturated rings. The number of likely N-dealkylation sites (tertiary alicyclic amines) is 1. The molecule has 0 aliphatic carbocycles. The number of hydrogen-bond acceptors (Lipinski definition) is 10. The number of hydrogen-bond donors (Lipinski definition) is 1. The second-order valence-corrected chi connectivity index (χ2v) is 13.6. The van der Waals surface area contributed by atoms with Crippen molar-refractivity contribution in [3.05, 3.63) is 110 Å². The molecule has 0 radical (unpaired) electrons. The minimum absolute atomic E-state index is 0.0702. The maximum Gasteiger partial charge on any atom is 0.348 e. The highest BCUT2D eigenvalue weighted by Gasteiger charge is 2.28. The average Bonchev–Trinajstić information content (AvgIpc) is 3.58. The van der Waals surface area contributed by atoms with Gasteiger partial charge in [-0.2, -0.15) is 0 Å². The molecule has 2 aromatic heterocycles. The van der Waals surface area contributed by atoms with Gasteiger partial charge in [-0.3, -0.25) is 9.78 Å². The maximum atomic E-state index is 13.5. The van der Waals surface area contributed by atoms with Gasteiger partial charge in [-0.25, -0.2) is 4.79 Å². The number of pyridine rings is 1. The van der Waals surface area contributed by atoms with Gasteiger partial charge in [0, 0.05) is 49.9 Å². The van der Waals surface area contributed by atoms with Gasteiger partial charge >= 0.3 is 11.9 Å². The number of thiophene rings is 1. The van der Waals surface area contributed by atoms with Crippen LogP contribution >= 0.6 is 34.5 Å². The van der Waals surface area contributed by atoms with Gasteiger partial charge in [0.05, 0.1) is 30.2 Å². The van der Waals surface area contributed by atoms with Crippen LogP contribution in [0.3, 0.4) is 0 Å². The fourth-order valence-electron chi connectivity index (χ4n) is 5.58. The molecular weight excluding hydrogens is 673 g/mol. The highest BCUT2D eigenvalue weighted by molar-refractivity contribution is 7.13. The van der Waals surface area contributed by atoms with Crippen LogP contribution in [-0.4, -0.2) is 68.8 Å². The zero-order valence-electron chi connectivity index (χ0n) is 27.1. The molecule has 0 amide bonds. The van der Waals surface area contributed by atoms with Gasteiger partial charge in [0.25, 0.3) is 0 Å². The van der Waals surface area contributed by atoms with Gasteiger partial charge < -0.3 is 29.2 Å². The number of rotatable bonds is 14. The second kappa shape index (κ2) is 17.1. The number of halogens is 2. The lowest BCUT2D eigenvalue weighted by atomic mass is 9.98. The minimum Gasteiger partial charge on any atom is -0.493 e. The van der Waals surface area contributed by atoms with E-state index in [1.54, 1.807) is 32.4 Å². The second-order valence-electron chi connectivity index (χ2n) is 11.6. The summed E-state index contributed by atoms with van der Waals surface area (Å²) in [5.74, 6) is -0.127. The number of nitrogens with zero attached hydrogens (tertiary/aromatic N) is 2. The number of methoxy groups -OCH3 is 2. The lowest BCUT2D eigenvalue weighted by molar-refractivity contribution is -0.152. The zero-order valence-corrected chi connectivity index (χ0v) is 29.4. The predicted octanol–water partition coefficient (Wildman–Crippen LogP) is 7.12. The summed E-state index contributed by atoms with van der Waals surface area (Å²) < 4.78 is 22.9. The molecule has 1 aliphatic rings. The summed E-state index contributed by atoms with van der Waals surface area (Å²) in [7, 11) is 5.18. The van der Waals surface area contributed by atoms with Gasteiger partial charge in [-0.15, -0.1) is 11.3 Å². The molecule has 1 saturated heterocycles. The van der Waals surface area contributed by atoms with E-state index in [9.17, 15) is 9.59 Å². The van der Waals surface area contributed by atoms with E-state index in [1.165, 1.54) is 23.7 Å². The Balaban J connectivity index is 1.26. The van der Waals surface area contributed by atoms with E-state index < -0.39 is 18.0 Å². The van der Waals surface area contributed by atoms with Crippen molar-refractivity contribution in [2.75, 3.05) is 40.9 Å². The number of carbonyl (C=O) groups is 2. The predicted molar refractivity (Wildman–Crippen MR) is 187 cm³/mol. The van der Waals surface area contributed by atoms with Crippen LogP contribution in [0.2, 0.25) is 10.0 Å². The van der Waals surface area contributed by atoms with Gasteiger partial charge in [0.15, 0.2) is 11.5 Å². The van der Waals surface area contributed by atoms with E-state index >= 15 is 0 Å². The van der Waals surface area contributed by atoms with E-state index in [2.05, 4.69) is 22.2 Å². The molecule has 1 unspecified atom stereocenters. The fourth-order valence-corrected chi connectivity index (χ4v) is 6.96. The van der Waals surface area contributed by atoms with E-state index in [-0.39, 0.29) is 18.5 Å². The molecule has 1 aliphatic heterocycles. The lowest BCUT2D eigenvalue weighted by Crippen LogP contribution is -2.37. The SMILES string of the molecule is COc1ccc([C@H](Cc2c(Cl)cncc2Cl)OC(=O)c2ccc(CNCC(C(=O)OC3CCN(C)CC3)c3ccccc3)s2)cc1OC. The molecule has 2 atom stereocenters. The van der Waals surface area contributed by atoms with E-state index in [0.29, 0.717) is 50.6 Å². The van der Waals surface area contributed by atoms with Gasteiger partial charge in [-0.1, -0.05) is 59.6 Å². The summed E-state index contributed by atoms with van der Waals surface area (Å²) >= 11 is 14.2. The van der Waals surface area contributed by atoms with Gasteiger partial charge in [0.1, 0.15) is 17.1 Å². The third kappa shape index (κ3) is 9.27. The van der Waals surface area contributed by atoms with Crippen molar-refractivity contribution >= 4 is 46.5 Å². The summed E-state index contributed by atoms with van der Waals surface area (Å²) in [5, 5.41) is 4.15. The van der Waals surface area contributed by atoms with Crippen LogP contribution in [-0.2, 0) is 27.2 Å². The Kier molecular flexibility index (Phi) is 12.7. The molecule has 0 bridgehead atoms. The van der Waals surface area contributed by atoms with Crippen molar-refractivity contribution in [3.8, 4) is 11.5 Å². The number of piperidine rings is 1. The molecule has 254 valence electrons. The summed E-state index contributed by atoms with van der Waals surface area (Å²) in [4.78, 5) is 34.5. The Labute approximate surface area is 295 Å². The Hall–Kier alpha value is -3.67. The molecule has 0 spiro atoms. The number of esters is 2. The van der Waals surface area contributed by atoms with Gasteiger partial charge in [0.2, 0.25) is 0 Å². The van der Waals surface area contributed by atoms with Crippen molar-refractivity contribution in [1.29, 1.82) is 0 Å². The molecule has 0 saturated carbocycles. The van der Waals surface area contributed by atoms with Crippen molar-refractivity contribution < 1.29 is 28.5 Å². The summed E-state index contributed by atoms with van der Waals surface area (Å²) in [6.45, 7) is 2.68. The Morgan fingerprint density at radius 1 is 0.958 bits per heavy atom. The normalized spacial score (nSPS) is 15.0. The van der Waals surface area contributed by atoms with E-state index in [1.807, 2.05) is 42.5 Å². The Morgan fingerprint density at radius 3 is 2.35 bits per heavy atom. The Bertz CT molecular complexity index is 1660. The first-order chi connectivity index (χ1) is 23.2. The largest absolute Gasteiger partial charge is 0.493 e. The minimum atomic E-state index is -0.736. The summed E-state index contributed by atoms with van der Waals surface area (Å²) in [5.41, 5.74) is 2.19. The molecule has 48 heavy (non-hydrogen) atoms. The van der Waals surface area contributed by atoms with Crippen LogP contribution in [0.25, 0.3) is 0 Å². The van der Waals surface area contributed by atoms with Crippen LogP contribution < -0.4 is 14.8 Å². The summed E-state index contributed by atoms with van der Waals surface area (Å²) in [6.07, 6.45) is 4.09. The molecular formula is C36H39Cl2N3O6S. The first-order valence-corrected chi connectivity index (χ1v) is 17.3. The van der Waals surface area contributed by atoms with Crippen molar-refractivity contribution in [3.63, 3.8) is 0 Å². The molecule has 9 nitrogen and oxygen atoms in total. The molecule has 2 aromatic carbocycles. The zero-order chi connectivity index (χ0) is 34.0. The van der Waals surface area contributed by atoms with E-state index in [4.69, 9.17) is 42.1 Å². The number of nitrogens with one attached hydrogen (secondary N) is 1. The number of ether oxygens (including phenoxy) is 4. The number of benzene rings is 2. The monoisotopic (exact) mass is 711 g/mol. The average molecular weight is 713 g/mol. The van der Waals surface area contributed by atoms with Crippen molar-refractivity contribution in [2.24, 2.45) is 0 Å². The van der Waals surface area contributed by atoms with Crippen LogP contribution in [0.15, 0.2) is 73.1 Å². The van der Waals surface area contributed by atoms with Crippen LogP contribution in [0, 0.1) is 0 Å². The smallest absolute Gasteiger partial charge is 0.348 e. The highest BCUT2D eigenvalue weighted by Crippen LogP contribution is 2.36. The molecule has 1 N–H and O–H groups in total. The quantitative estimate of drug-likeness (QED) is 0.137. The van der Waals surface area contributed by atoms with Crippen LogP contribution in [0.4, 0.5) is 0 Å². The Morgan fingerprint density at radius 2 is 1.67 bits per heavy atom. The topological polar surface area (TPSA) is 99.2 Å². The summed E-state index contributed by atoms with van der Waals surface area (Å²) in [6, 6.07) is 18.6. The highest BCUT2D eigenvalue weighted by atomic mass is 35.5. The number of carbonyl (C=O) groups excluding carboxylic acids is 2. The van der Waals surface area contributed by atoms with E-state index in [0.717, 1.165) is 36.4 Å². The maximum absolute atomic E-state index is 13.5. The van der Waals surface area contributed by atoms with Crippen LogP contribution in [0.5, 0.6) is 11.5 Å². The third-order valence-corrected chi connectivity index (χ3v) is 10.0. The fraction of sp³-hybridized carbons (Fsp3) is 0.361. The lowest BCUT2D eigenvalue weighted by Gasteiger charge is -2.30. The molecule has 12 heteroatoms.